The van der Waals surface area contributed by atoms with Crippen LogP contribution in [0.15, 0.2) is 0 Å². The summed E-state index contributed by atoms with van der Waals surface area (Å²) in [4.78, 5) is 0. The Morgan fingerprint density at radius 2 is 1.19 bits per heavy atom. The third kappa shape index (κ3) is 2.64. The number of benzene rings is 1. The lowest BCUT2D eigenvalue weighted by molar-refractivity contribution is 0.434. The predicted molar refractivity (Wildman–Crippen MR) is 67.4 cm³/mol. The van der Waals surface area contributed by atoms with E-state index < -0.39 is 36.5 Å². The molecule has 1 aromatic rings. The van der Waals surface area contributed by atoms with Gasteiger partial charge in [-0.15, -0.1) is 0 Å². The van der Waals surface area contributed by atoms with Crippen molar-refractivity contribution in [1.29, 1.82) is 0 Å². The van der Waals surface area contributed by atoms with Gasteiger partial charge in [-0.2, -0.15) is 0 Å². The van der Waals surface area contributed by atoms with Gasteiger partial charge in [0.2, 0.25) is 0 Å². The summed E-state index contributed by atoms with van der Waals surface area (Å²) in [5.74, 6) is -5.76. The van der Waals surface area contributed by atoms with Crippen LogP contribution in [0, 0.1) is 23.3 Å². The lowest BCUT2D eigenvalue weighted by atomic mass is 10.1. The van der Waals surface area contributed by atoms with Gasteiger partial charge in [0.1, 0.15) is 0 Å². The molecule has 1 rings (SSSR count). The molecule has 0 aliphatic heterocycles. The SMILES string of the molecule is Fc1c(F)c(C(Br)(Br)Br)c(F)c(F)c1CBr. The zero-order valence-electron chi connectivity index (χ0n) is 7.23. The molecule has 0 aliphatic rings. The van der Waals surface area contributed by atoms with Gasteiger partial charge in [-0.1, -0.05) is 63.7 Å². The average molecular weight is 494 g/mol. The van der Waals surface area contributed by atoms with Crippen molar-refractivity contribution < 1.29 is 17.6 Å². The van der Waals surface area contributed by atoms with Crippen molar-refractivity contribution >= 4 is 63.7 Å². The third-order valence-corrected chi connectivity index (χ3v) is 3.52. The predicted octanol–water partition coefficient (Wildman–Crippen LogP) is 5.43. The number of halogens is 8. The monoisotopic (exact) mass is 490 g/mol. The molecule has 1 aromatic carbocycles. The van der Waals surface area contributed by atoms with Crippen LogP contribution in [0.1, 0.15) is 11.1 Å². The van der Waals surface area contributed by atoms with Crippen LogP contribution in [0.5, 0.6) is 0 Å². The molecule has 0 aliphatic carbocycles. The van der Waals surface area contributed by atoms with Gasteiger partial charge < -0.3 is 0 Å². The minimum atomic E-state index is -1.56. The largest absolute Gasteiger partial charge is 0.203 e. The van der Waals surface area contributed by atoms with Crippen LogP contribution in [0.2, 0.25) is 0 Å². The molecule has 0 spiro atoms. The molecule has 0 bridgehead atoms. The van der Waals surface area contributed by atoms with Gasteiger partial charge in [-0.25, -0.2) is 17.6 Å². The van der Waals surface area contributed by atoms with Crippen molar-refractivity contribution in [2.24, 2.45) is 0 Å². The van der Waals surface area contributed by atoms with Crippen LogP contribution in [0.4, 0.5) is 17.6 Å². The molecular formula is C8H2Br4F4. The van der Waals surface area contributed by atoms with Crippen LogP contribution in [-0.2, 0) is 7.47 Å². The smallest absolute Gasteiger partial charge is 0.168 e. The van der Waals surface area contributed by atoms with Gasteiger partial charge in [0.15, 0.2) is 25.4 Å². The van der Waals surface area contributed by atoms with Crippen molar-refractivity contribution in [2.45, 2.75) is 7.47 Å². The summed E-state index contributed by atoms with van der Waals surface area (Å²) in [6.07, 6.45) is 0. The molecule has 16 heavy (non-hydrogen) atoms. The van der Waals surface area contributed by atoms with E-state index in [1.165, 1.54) is 0 Å². The Labute approximate surface area is 122 Å². The number of alkyl halides is 4. The van der Waals surface area contributed by atoms with E-state index in [2.05, 4.69) is 63.7 Å². The molecule has 0 radical (unpaired) electrons. The van der Waals surface area contributed by atoms with Crippen LogP contribution in [0.3, 0.4) is 0 Å². The van der Waals surface area contributed by atoms with E-state index in [9.17, 15) is 17.6 Å². The van der Waals surface area contributed by atoms with Crippen molar-refractivity contribution in [3.8, 4) is 0 Å². The summed E-state index contributed by atoms with van der Waals surface area (Å²) in [6.45, 7) is 0. The molecule has 90 valence electrons. The fourth-order valence-corrected chi connectivity index (χ4v) is 2.58. The minimum Gasteiger partial charge on any atom is -0.203 e. The Bertz CT molecular complexity index is 398. The summed E-state index contributed by atoms with van der Waals surface area (Å²) in [6, 6.07) is 0. The first-order valence-electron chi connectivity index (χ1n) is 3.69. The Balaban J connectivity index is 3.67. The molecule has 0 heterocycles. The number of hydrogen-bond donors (Lipinski definition) is 0. The van der Waals surface area contributed by atoms with Gasteiger partial charge in [0, 0.05) is 10.9 Å². The second-order valence-corrected chi connectivity index (χ2v) is 10.1. The zero-order chi connectivity index (χ0) is 12.7. The van der Waals surface area contributed by atoms with E-state index in [1.807, 2.05) is 0 Å². The fraction of sp³-hybridized carbons (Fsp3) is 0.250. The highest BCUT2D eigenvalue weighted by molar-refractivity contribution is 9.38. The first-order valence-corrected chi connectivity index (χ1v) is 7.19. The van der Waals surface area contributed by atoms with Gasteiger partial charge in [-0.3, -0.25) is 0 Å². The highest BCUT2D eigenvalue weighted by Gasteiger charge is 2.35. The van der Waals surface area contributed by atoms with Gasteiger partial charge in [-0.05, 0) is 0 Å². The van der Waals surface area contributed by atoms with Gasteiger partial charge >= 0.3 is 0 Å². The molecule has 0 amide bonds. The topological polar surface area (TPSA) is 0 Å². The number of hydrogen-bond acceptors (Lipinski definition) is 0. The summed E-state index contributed by atoms with van der Waals surface area (Å²) >= 11 is 11.2. The normalized spacial score (nSPS) is 12.0. The summed E-state index contributed by atoms with van der Waals surface area (Å²) in [7, 11) is 0. The Morgan fingerprint density at radius 1 is 0.812 bits per heavy atom. The van der Waals surface area contributed by atoms with Crippen molar-refractivity contribution in [2.75, 3.05) is 0 Å². The second kappa shape index (κ2) is 5.24. The van der Waals surface area contributed by atoms with Gasteiger partial charge in [0.05, 0.1) is 5.56 Å². The molecular weight excluding hydrogens is 492 g/mol. The molecule has 8 heteroatoms. The van der Waals surface area contributed by atoms with Gasteiger partial charge in [0.25, 0.3) is 0 Å². The second-order valence-electron chi connectivity index (χ2n) is 2.74. The Kier molecular flexibility index (Phi) is 4.88. The van der Waals surface area contributed by atoms with E-state index >= 15 is 0 Å². The molecule has 0 unspecified atom stereocenters. The quantitative estimate of drug-likeness (QED) is 0.278. The third-order valence-electron chi connectivity index (χ3n) is 1.77. The average Bonchev–Trinajstić information content (AvgIpc) is 2.14. The molecule has 0 nitrogen and oxygen atoms in total. The van der Waals surface area contributed by atoms with Crippen molar-refractivity contribution in [3.05, 3.63) is 34.4 Å². The molecule has 0 atom stereocenters. The maximum atomic E-state index is 13.5. The lowest BCUT2D eigenvalue weighted by Crippen LogP contribution is -2.13. The summed E-state index contributed by atoms with van der Waals surface area (Å²) < 4.78 is 52.1. The van der Waals surface area contributed by atoms with Crippen LogP contribution >= 0.6 is 63.7 Å². The van der Waals surface area contributed by atoms with E-state index in [0.29, 0.717) is 0 Å². The molecule has 0 saturated carbocycles. The Morgan fingerprint density at radius 3 is 1.44 bits per heavy atom. The van der Waals surface area contributed by atoms with Crippen molar-refractivity contribution in [3.63, 3.8) is 0 Å². The van der Waals surface area contributed by atoms with Crippen LogP contribution in [-0.4, -0.2) is 0 Å². The summed E-state index contributed by atoms with van der Waals surface area (Å²) in [5.41, 5.74) is -1.50. The zero-order valence-corrected chi connectivity index (χ0v) is 13.6. The van der Waals surface area contributed by atoms with E-state index in [1.54, 1.807) is 0 Å². The maximum Gasteiger partial charge on any atom is 0.168 e. The maximum absolute atomic E-state index is 13.5. The number of rotatable bonds is 1. The highest BCUT2D eigenvalue weighted by atomic mass is 80.0. The van der Waals surface area contributed by atoms with E-state index in [4.69, 9.17) is 0 Å². The molecule has 0 aromatic heterocycles. The van der Waals surface area contributed by atoms with E-state index in [0.717, 1.165) is 0 Å². The molecule has 0 fully saturated rings. The highest BCUT2D eigenvalue weighted by Crippen LogP contribution is 2.47. The fourth-order valence-electron chi connectivity index (χ4n) is 1.04. The molecule has 0 saturated heterocycles. The van der Waals surface area contributed by atoms with Crippen LogP contribution in [0.25, 0.3) is 0 Å². The first-order chi connectivity index (χ1) is 7.21. The Hall–Kier alpha value is 0.860. The standard InChI is InChI=1S/C8H2Br4F4/c9-1-2-4(13)6(15)3(8(10,11)12)7(16)5(2)14/h1H2. The summed E-state index contributed by atoms with van der Waals surface area (Å²) in [5, 5.41) is -0.321. The van der Waals surface area contributed by atoms with Crippen LogP contribution < -0.4 is 0 Å². The first kappa shape index (κ1) is 14.9. The minimum absolute atomic E-state index is 0.321. The van der Waals surface area contributed by atoms with Crippen molar-refractivity contribution in [1.82, 2.24) is 0 Å². The lowest BCUT2D eigenvalue weighted by Gasteiger charge is -2.17. The molecule has 0 N–H and O–H groups in total. The van der Waals surface area contributed by atoms with E-state index in [-0.39, 0.29) is 5.33 Å².